The molecule has 1 unspecified atom stereocenters. The second kappa shape index (κ2) is 4.14. The summed E-state index contributed by atoms with van der Waals surface area (Å²) >= 11 is 0. The van der Waals surface area contributed by atoms with Crippen molar-refractivity contribution in [2.45, 2.75) is 19.9 Å². The molecule has 0 aromatic carbocycles. The van der Waals surface area contributed by atoms with Crippen molar-refractivity contribution < 1.29 is 9.59 Å². The molecule has 1 rings (SSSR count). The van der Waals surface area contributed by atoms with Crippen molar-refractivity contribution in [1.29, 1.82) is 0 Å². The molecule has 0 aromatic heterocycles. The van der Waals surface area contributed by atoms with Gasteiger partial charge in [0.1, 0.15) is 12.6 Å². The highest BCUT2D eigenvalue weighted by Crippen LogP contribution is 2.09. The van der Waals surface area contributed by atoms with Gasteiger partial charge < -0.3 is 10.2 Å². The first-order valence-corrected chi connectivity index (χ1v) is 4.58. The summed E-state index contributed by atoms with van der Waals surface area (Å²) in [7, 11) is 0. The average molecular weight is 194 g/mol. The second-order valence-corrected chi connectivity index (χ2v) is 3.69. The highest BCUT2D eigenvalue weighted by molar-refractivity contribution is 5.95. The van der Waals surface area contributed by atoms with E-state index >= 15 is 0 Å². The van der Waals surface area contributed by atoms with Crippen LogP contribution in [0.25, 0.3) is 0 Å². The van der Waals surface area contributed by atoms with E-state index in [0.29, 0.717) is 0 Å². The molecule has 1 aliphatic rings. The van der Waals surface area contributed by atoms with Crippen molar-refractivity contribution in [3.63, 3.8) is 0 Å². The molecule has 1 atom stereocenters. The molecule has 0 bridgehead atoms. The zero-order valence-corrected chi connectivity index (χ0v) is 8.41. The number of terminal acetylenes is 1. The molecule has 0 aromatic rings. The Balaban J connectivity index is 2.77. The lowest BCUT2D eigenvalue weighted by Crippen LogP contribution is -2.59. The number of hydrogen-bond donors (Lipinski definition) is 1. The molecule has 2 amide bonds. The van der Waals surface area contributed by atoms with E-state index in [0.717, 1.165) is 0 Å². The van der Waals surface area contributed by atoms with Crippen LogP contribution in [0.5, 0.6) is 0 Å². The van der Waals surface area contributed by atoms with Crippen molar-refractivity contribution in [3.8, 4) is 12.3 Å². The van der Waals surface area contributed by atoms with Crippen molar-refractivity contribution in [1.82, 2.24) is 10.2 Å². The smallest absolute Gasteiger partial charge is 0.246 e. The Labute approximate surface area is 83.6 Å². The third-order valence-corrected chi connectivity index (χ3v) is 2.18. The summed E-state index contributed by atoms with van der Waals surface area (Å²) in [6.07, 6.45) is 5.11. The van der Waals surface area contributed by atoms with Gasteiger partial charge in [-0.1, -0.05) is 19.8 Å². The summed E-state index contributed by atoms with van der Waals surface area (Å²) in [5.41, 5.74) is 0. The fraction of sp³-hybridized carbons (Fsp3) is 0.600. The molecule has 1 aliphatic heterocycles. The minimum atomic E-state index is -0.426. The Hall–Kier alpha value is -1.50. The van der Waals surface area contributed by atoms with Crippen LogP contribution in [0.1, 0.15) is 13.8 Å². The normalized spacial score (nSPS) is 22.1. The van der Waals surface area contributed by atoms with Crippen LogP contribution in [0.15, 0.2) is 0 Å². The van der Waals surface area contributed by atoms with Gasteiger partial charge in [-0.25, -0.2) is 0 Å². The Morgan fingerprint density at radius 2 is 2.29 bits per heavy atom. The van der Waals surface area contributed by atoms with Gasteiger partial charge in [-0.15, -0.1) is 6.42 Å². The number of piperazine rings is 1. The van der Waals surface area contributed by atoms with Gasteiger partial charge in [-0.2, -0.15) is 0 Å². The van der Waals surface area contributed by atoms with E-state index in [1.165, 1.54) is 4.90 Å². The maximum absolute atomic E-state index is 11.7. The molecular formula is C10H14N2O2. The zero-order chi connectivity index (χ0) is 10.7. The van der Waals surface area contributed by atoms with Crippen LogP contribution in [0.2, 0.25) is 0 Å². The first-order chi connectivity index (χ1) is 6.56. The van der Waals surface area contributed by atoms with Gasteiger partial charge in [-0.05, 0) is 5.92 Å². The number of hydrogen-bond acceptors (Lipinski definition) is 2. The molecule has 76 valence electrons. The molecule has 14 heavy (non-hydrogen) atoms. The number of amides is 2. The Morgan fingerprint density at radius 3 is 2.79 bits per heavy atom. The summed E-state index contributed by atoms with van der Waals surface area (Å²) < 4.78 is 0. The molecule has 0 saturated carbocycles. The van der Waals surface area contributed by atoms with Crippen LogP contribution in [0.3, 0.4) is 0 Å². The van der Waals surface area contributed by atoms with Crippen molar-refractivity contribution in [3.05, 3.63) is 0 Å². The molecule has 0 aliphatic carbocycles. The number of nitrogens with one attached hydrogen (secondary N) is 1. The Kier molecular flexibility index (Phi) is 3.13. The monoisotopic (exact) mass is 194 g/mol. The van der Waals surface area contributed by atoms with Crippen molar-refractivity contribution in [2.24, 2.45) is 5.92 Å². The molecule has 1 heterocycles. The van der Waals surface area contributed by atoms with E-state index in [-0.39, 0.29) is 30.8 Å². The number of rotatable bonds is 2. The van der Waals surface area contributed by atoms with Gasteiger partial charge in [0.05, 0.1) is 6.54 Å². The molecule has 1 fully saturated rings. The van der Waals surface area contributed by atoms with Crippen LogP contribution >= 0.6 is 0 Å². The van der Waals surface area contributed by atoms with Gasteiger partial charge in [0, 0.05) is 0 Å². The molecule has 0 spiro atoms. The van der Waals surface area contributed by atoms with Crippen LogP contribution in [0.4, 0.5) is 0 Å². The zero-order valence-electron chi connectivity index (χ0n) is 8.41. The van der Waals surface area contributed by atoms with E-state index in [4.69, 9.17) is 6.42 Å². The summed E-state index contributed by atoms with van der Waals surface area (Å²) in [6, 6.07) is -0.426. The van der Waals surface area contributed by atoms with Crippen LogP contribution in [0, 0.1) is 18.3 Å². The third-order valence-electron chi connectivity index (χ3n) is 2.18. The maximum Gasteiger partial charge on any atom is 0.246 e. The minimum absolute atomic E-state index is 0.0756. The third kappa shape index (κ3) is 2.05. The lowest BCUT2D eigenvalue weighted by Gasteiger charge is -2.33. The van der Waals surface area contributed by atoms with E-state index in [9.17, 15) is 9.59 Å². The standard InChI is InChI=1S/C10H14N2O2/c1-4-5-12-6-8(13)11-9(7(2)3)10(12)14/h1,7,9H,5-6H2,2-3H3,(H,11,13). The fourth-order valence-electron chi connectivity index (χ4n) is 1.42. The van der Waals surface area contributed by atoms with Gasteiger partial charge in [0.15, 0.2) is 0 Å². The number of nitrogens with zero attached hydrogens (tertiary/aromatic N) is 1. The summed E-state index contributed by atoms with van der Waals surface area (Å²) in [5, 5.41) is 2.66. The maximum atomic E-state index is 11.7. The number of carbonyl (C=O) groups excluding carboxylic acids is 2. The quantitative estimate of drug-likeness (QED) is 0.608. The van der Waals surface area contributed by atoms with Gasteiger partial charge >= 0.3 is 0 Å². The van der Waals surface area contributed by atoms with Gasteiger partial charge in [0.2, 0.25) is 11.8 Å². The van der Waals surface area contributed by atoms with Crippen LogP contribution in [-0.4, -0.2) is 35.8 Å². The summed E-state index contributed by atoms with van der Waals surface area (Å²) in [4.78, 5) is 24.4. The Morgan fingerprint density at radius 1 is 1.64 bits per heavy atom. The highest BCUT2D eigenvalue weighted by atomic mass is 16.2. The predicted octanol–water partition coefficient (Wildman–Crippen LogP) is -0.397. The molecule has 0 radical (unpaired) electrons. The lowest BCUT2D eigenvalue weighted by molar-refractivity contribution is -0.144. The lowest BCUT2D eigenvalue weighted by atomic mass is 10.0. The molecule has 1 saturated heterocycles. The molecule has 4 heteroatoms. The topological polar surface area (TPSA) is 49.4 Å². The number of carbonyl (C=O) groups is 2. The van der Waals surface area contributed by atoms with Crippen LogP contribution < -0.4 is 5.32 Å². The van der Waals surface area contributed by atoms with Gasteiger partial charge in [-0.3, -0.25) is 9.59 Å². The summed E-state index contributed by atoms with van der Waals surface area (Å²) in [5.74, 6) is 2.24. The second-order valence-electron chi connectivity index (χ2n) is 3.69. The van der Waals surface area contributed by atoms with E-state index in [2.05, 4.69) is 11.2 Å². The SMILES string of the molecule is C#CCN1CC(=O)NC(C(C)C)C1=O. The van der Waals surface area contributed by atoms with E-state index in [1.54, 1.807) is 0 Å². The predicted molar refractivity (Wildman–Crippen MR) is 52.2 cm³/mol. The minimum Gasteiger partial charge on any atom is -0.343 e. The van der Waals surface area contributed by atoms with Crippen LogP contribution in [-0.2, 0) is 9.59 Å². The van der Waals surface area contributed by atoms with Crippen molar-refractivity contribution in [2.75, 3.05) is 13.1 Å². The first kappa shape index (κ1) is 10.6. The molecular weight excluding hydrogens is 180 g/mol. The molecule has 1 N–H and O–H groups in total. The molecule has 4 nitrogen and oxygen atoms in total. The van der Waals surface area contributed by atoms with E-state index < -0.39 is 6.04 Å². The summed E-state index contributed by atoms with van der Waals surface area (Å²) in [6.45, 7) is 4.06. The fourth-order valence-corrected chi connectivity index (χ4v) is 1.42. The van der Waals surface area contributed by atoms with E-state index in [1.807, 2.05) is 13.8 Å². The van der Waals surface area contributed by atoms with Gasteiger partial charge in [0.25, 0.3) is 0 Å². The highest BCUT2D eigenvalue weighted by Gasteiger charge is 2.33. The largest absolute Gasteiger partial charge is 0.343 e. The average Bonchev–Trinajstić information content (AvgIpc) is 2.10. The van der Waals surface area contributed by atoms with Crippen molar-refractivity contribution >= 4 is 11.8 Å². The first-order valence-electron chi connectivity index (χ1n) is 4.58. The Bertz CT molecular complexity index is 291.